The van der Waals surface area contributed by atoms with Crippen LogP contribution >= 0.6 is 0 Å². The van der Waals surface area contributed by atoms with Crippen molar-refractivity contribution in [3.63, 3.8) is 0 Å². The lowest BCUT2D eigenvalue weighted by Crippen LogP contribution is -2.40. The first kappa shape index (κ1) is 17.3. The molecule has 0 saturated carbocycles. The number of phenols is 1. The molecule has 0 bridgehead atoms. The zero-order valence-electron chi connectivity index (χ0n) is 13.2. The molecule has 0 aliphatic rings. The maximum Gasteiger partial charge on any atom is 0.120 e. The Morgan fingerprint density at radius 1 is 1.24 bits per heavy atom. The molecule has 2 unspecified atom stereocenters. The Kier molecular flexibility index (Phi) is 6.99. The molecule has 0 aliphatic carbocycles. The summed E-state index contributed by atoms with van der Waals surface area (Å²) >= 11 is 0. The number of hydrogen-bond acceptors (Lipinski definition) is 4. The van der Waals surface area contributed by atoms with E-state index in [2.05, 4.69) is 10.6 Å². The number of likely N-dealkylation sites (N-methyl/N-ethyl adjacent to an activating group) is 2. The average Bonchev–Trinajstić information content (AvgIpc) is 2.49. The molecule has 4 heteroatoms. The first-order valence-corrected chi connectivity index (χ1v) is 7.28. The highest BCUT2D eigenvalue weighted by Gasteiger charge is 2.27. The van der Waals surface area contributed by atoms with Crippen LogP contribution in [0.1, 0.15) is 31.9 Å². The first-order valence-electron chi connectivity index (χ1n) is 7.28. The molecule has 1 aromatic carbocycles. The Morgan fingerprint density at radius 2 is 1.90 bits per heavy atom. The van der Waals surface area contributed by atoms with Gasteiger partial charge in [-0.1, -0.05) is 31.2 Å². The lowest BCUT2D eigenvalue weighted by molar-refractivity contribution is 0.377. The minimum atomic E-state index is -0.158. The van der Waals surface area contributed by atoms with Crippen molar-refractivity contribution in [2.45, 2.75) is 32.4 Å². The Labute approximate surface area is 127 Å². The summed E-state index contributed by atoms with van der Waals surface area (Å²) in [6, 6.07) is 6.93. The molecule has 116 valence electrons. The fourth-order valence-corrected chi connectivity index (χ4v) is 2.55. The van der Waals surface area contributed by atoms with E-state index in [9.17, 15) is 10.2 Å². The summed E-state index contributed by atoms with van der Waals surface area (Å²) in [5, 5.41) is 26.8. The van der Waals surface area contributed by atoms with Crippen molar-refractivity contribution in [1.82, 2.24) is 10.6 Å². The quantitative estimate of drug-likeness (QED) is 0.460. The summed E-state index contributed by atoms with van der Waals surface area (Å²) in [6.45, 7) is 3.88. The van der Waals surface area contributed by atoms with Crippen LogP contribution in [-0.4, -0.2) is 30.4 Å². The van der Waals surface area contributed by atoms with Crippen LogP contribution in [0, 0.1) is 0 Å². The van der Waals surface area contributed by atoms with E-state index in [1.807, 2.05) is 46.2 Å². The third kappa shape index (κ3) is 4.09. The number of benzene rings is 1. The predicted molar refractivity (Wildman–Crippen MR) is 87.5 cm³/mol. The second-order valence-electron chi connectivity index (χ2n) is 4.83. The van der Waals surface area contributed by atoms with E-state index in [1.54, 1.807) is 18.2 Å². The molecule has 4 N–H and O–H groups in total. The number of para-hydroxylation sites is 1. The van der Waals surface area contributed by atoms with Gasteiger partial charge in [0.1, 0.15) is 11.5 Å². The molecule has 0 amide bonds. The van der Waals surface area contributed by atoms with Gasteiger partial charge in [0.15, 0.2) is 0 Å². The average molecular weight is 290 g/mol. The van der Waals surface area contributed by atoms with E-state index in [0.29, 0.717) is 0 Å². The molecule has 0 saturated heterocycles. The van der Waals surface area contributed by atoms with Crippen molar-refractivity contribution in [2.24, 2.45) is 0 Å². The molecule has 21 heavy (non-hydrogen) atoms. The van der Waals surface area contributed by atoms with Gasteiger partial charge in [-0.25, -0.2) is 0 Å². The topological polar surface area (TPSA) is 64.5 Å². The summed E-state index contributed by atoms with van der Waals surface area (Å²) in [4.78, 5) is 0. The van der Waals surface area contributed by atoms with Crippen LogP contribution < -0.4 is 10.6 Å². The Morgan fingerprint density at radius 3 is 2.38 bits per heavy atom. The van der Waals surface area contributed by atoms with Gasteiger partial charge in [-0.3, -0.25) is 0 Å². The highest BCUT2D eigenvalue weighted by molar-refractivity contribution is 5.40. The fraction of sp³-hybridized carbons (Fsp3) is 0.412. The molecule has 0 heterocycles. The first-order chi connectivity index (χ1) is 10.1. The number of phenolic OH excluding ortho intramolecular Hbond substituents is 1. The third-order valence-corrected chi connectivity index (χ3v) is 3.57. The van der Waals surface area contributed by atoms with Crippen molar-refractivity contribution in [1.29, 1.82) is 0 Å². The van der Waals surface area contributed by atoms with Gasteiger partial charge < -0.3 is 20.8 Å². The standard InChI is InChI=1S/C17H26N2O2/c1-5-9-14(20)12(6-2)16(18-3)17(19-4)13-10-7-8-11-15(13)21/h6-11,16-21H,5H2,1-4H3/b12-6+,14-9+. The summed E-state index contributed by atoms with van der Waals surface area (Å²) in [6.07, 6.45) is 4.45. The van der Waals surface area contributed by atoms with E-state index in [1.165, 1.54) is 0 Å². The van der Waals surface area contributed by atoms with E-state index >= 15 is 0 Å². The summed E-state index contributed by atoms with van der Waals surface area (Å²) in [7, 11) is 3.69. The molecular formula is C17H26N2O2. The maximum absolute atomic E-state index is 10.2. The second-order valence-corrected chi connectivity index (χ2v) is 4.83. The van der Waals surface area contributed by atoms with Crippen LogP contribution in [0.3, 0.4) is 0 Å². The van der Waals surface area contributed by atoms with Crippen LogP contribution in [0.15, 0.2) is 47.7 Å². The highest BCUT2D eigenvalue weighted by Crippen LogP contribution is 2.30. The molecule has 1 aromatic rings. The van der Waals surface area contributed by atoms with Crippen molar-refractivity contribution in [3.8, 4) is 5.75 Å². The summed E-state index contributed by atoms with van der Waals surface area (Å²) < 4.78 is 0. The maximum atomic E-state index is 10.2. The van der Waals surface area contributed by atoms with Crippen LogP contribution in [0.25, 0.3) is 0 Å². The zero-order chi connectivity index (χ0) is 15.8. The highest BCUT2D eigenvalue weighted by atomic mass is 16.3. The minimum absolute atomic E-state index is 0.156. The van der Waals surface area contributed by atoms with E-state index < -0.39 is 0 Å². The largest absolute Gasteiger partial charge is 0.508 e. The van der Waals surface area contributed by atoms with E-state index in [-0.39, 0.29) is 23.6 Å². The summed E-state index contributed by atoms with van der Waals surface area (Å²) in [5.41, 5.74) is 1.60. The monoisotopic (exact) mass is 290 g/mol. The number of aliphatic hydroxyl groups is 1. The smallest absolute Gasteiger partial charge is 0.120 e. The lowest BCUT2D eigenvalue weighted by Gasteiger charge is -2.29. The number of hydrogen-bond donors (Lipinski definition) is 4. The molecule has 4 nitrogen and oxygen atoms in total. The van der Waals surface area contributed by atoms with Crippen LogP contribution in [0.5, 0.6) is 5.75 Å². The minimum Gasteiger partial charge on any atom is -0.508 e. The second kappa shape index (κ2) is 8.49. The van der Waals surface area contributed by atoms with E-state index in [0.717, 1.165) is 17.6 Å². The zero-order valence-corrected chi connectivity index (χ0v) is 13.2. The molecule has 0 fully saturated rings. The van der Waals surface area contributed by atoms with Gasteiger partial charge in [0.25, 0.3) is 0 Å². The van der Waals surface area contributed by atoms with Crippen LogP contribution in [0.2, 0.25) is 0 Å². The SMILES string of the molecule is C/C=C(\C(O)=C/CC)C(NC)C(NC)c1ccccc1O. The number of allylic oxidation sites excluding steroid dienone is 2. The number of rotatable bonds is 7. The van der Waals surface area contributed by atoms with Gasteiger partial charge in [0.05, 0.1) is 12.1 Å². The Balaban J connectivity index is 3.22. The molecule has 1 rings (SSSR count). The van der Waals surface area contributed by atoms with Gasteiger partial charge >= 0.3 is 0 Å². The predicted octanol–water partition coefficient (Wildman–Crippen LogP) is 3.04. The van der Waals surface area contributed by atoms with Crippen molar-refractivity contribution in [2.75, 3.05) is 14.1 Å². The molecule has 0 radical (unpaired) electrons. The fourth-order valence-electron chi connectivity index (χ4n) is 2.55. The van der Waals surface area contributed by atoms with Gasteiger partial charge in [-0.05, 0) is 39.6 Å². The normalized spacial score (nSPS) is 15.8. The van der Waals surface area contributed by atoms with Gasteiger partial charge in [-0.2, -0.15) is 0 Å². The van der Waals surface area contributed by atoms with Crippen molar-refractivity contribution in [3.05, 3.63) is 53.3 Å². The molecule has 0 aromatic heterocycles. The molecular weight excluding hydrogens is 264 g/mol. The Hall–Kier alpha value is -1.78. The third-order valence-electron chi connectivity index (χ3n) is 3.57. The number of nitrogens with one attached hydrogen (secondary N) is 2. The van der Waals surface area contributed by atoms with Gasteiger partial charge in [0, 0.05) is 11.1 Å². The lowest BCUT2D eigenvalue weighted by atomic mass is 9.91. The van der Waals surface area contributed by atoms with Gasteiger partial charge in [0.2, 0.25) is 0 Å². The molecule has 2 atom stereocenters. The van der Waals surface area contributed by atoms with E-state index in [4.69, 9.17) is 0 Å². The number of aromatic hydroxyl groups is 1. The van der Waals surface area contributed by atoms with Crippen molar-refractivity contribution >= 4 is 0 Å². The molecule has 0 aliphatic heterocycles. The van der Waals surface area contributed by atoms with Crippen molar-refractivity contribution < 1.29 is 10.2 Å². The Bertz CT molecular complexity index is 509. The number of aliphatic hydroxyl groups excluding tert-OH is 1. The van der Waals surface area contributed by atoms with Crippen LogP contribution in [-0.2, 0) is 0 Å². The van der Waals surface area contributed by atoms with Crippen LogP contribution in [0.4, 0.5) is 0 Å². The molecule has 0 spiro atoms. The van der Waals surface area contributed by atoms with Gasteiger partial charge in [-0.15, -0.1) is 0 Å². The summed E-state index contributed by atoms with van der Waals surface area (Å²) in [5.74, 6) is 0.515.